The zero-order chi connectivity index (χ0) is 22.6. The van der Waals surface area contributed by atoms with E-state index in [4.69, 9.17) is 14.5 Å². The Morgan fingerprint density at radius 3 is 2.97 bits per heavy atom. The van der Waals surface area contributed by atoms with Crippen LogP contribution in [-0.2, 0) is 4.79 Å². The van der Waals surface area contributed by atoms with Gasteiger partial charge < -0.3 is 14.3 Å². The molecule has 1 amide bonds. The van der Waals surface area contributed by atoms with Gasteiger partial charge in [-0.15, -0.1) is 22.7 Å². The van der Waals surface area contributed by atoms with Crippen LogP contribution in [0.5, 0.6) is 11.5 Å². The number of anilines is 1. The first-order valence-corrected chi connectivity index (χ1v) is 12.9. The number of amides is 1. The molecule has 5 rings (SSSR count). The minimum atomic E-state index is -0.0397. The summed E-state index contributed by atoms with van der Waals surface area (Å²) >= 11 is 2.89. The van der Waals surface area contributed by atoms with E-state index in [9.17, 15) is 9.59 Å². The van der Waals surface area contributed by atoms with Crippen molar-refractivity contribution in [1.82, 2.24) is 9.88 Å². The molecule has 0 N–H and O–H groups in total. The molecule has 33 heavy (non-hydrogen) atoms. The van der Waals surface area contributed by atoms with E-state index >= 15 is 0 Å². The molecule has 1 atom stereocenters. The number of aromatic nitrogens is 1. The van der Waals surface area contributed by atoms with E-state index in [1.54, 1.807) is 4.90 Å². The van der Waals surface area contributed by atoms with Gasteiger partial charge in [0.1, 0.15) is 6.29 Å². The minimum absolute atomic E-state index is 0.00216. The summed E-state index contributed by atoms with van der Waals surface area (Å²) in [5.74, 6) is 1.40. The van der Waals surface area contributed by atoms with E-state index in [0.717, 1.165) is 62.1 Å². The summed E-state index contributed by atoms with van der Waals surface area (Å²) in [7, 11) is 0. The standard InChI is InChI=1S/C24H25N3O4S2/c28-14-18-5-1-2-9-26(18)10-4-11-27(23(29)22-6-3-12-32-22)24-25-19(15-33-24)17-7-8-20-21(13-17)31-16-30-20/h3,6-8,12-15,18H,1-2,4-5,9-11,16H2. The maximum atomic E-state index is 13.3. The van der Waals surface area contributed by atoms with Gasteiger partial charge in [0.15, 0.2) is 16.6 Å². The van der Waals surface area contributed by atoms with E-state index in [0.29, 0.717) is 22.3 Å². The molecule has 2 aliphatic rings. The Labute approximate surface area is 200 Å². The Morgan fingerprint density at radius 2 is 2.12 bits per heavy atom. The fourth-order valence-electron chi connectivity index (χ4n) is 4.27. The highest BCUT2D eigenvalue weighted by Crippen LogP contribution is 2.37. The monoisotopic (exact) mass is 483 g/mol. The smallest absolute Gasteiger partial charge is 0.270 e. The number of carbonyl (C=O) groups is 2. The van der Waals surface area contributed by atoms with E-state index in [-0.39, 0.29) is 18.7 Å². The highest BCUT2D eigenvalue weighted by molar-refractivity contribution is 7.14. The third-order valence-electron chi connectivity index (χ3n) is 6.02. The summed E-state index contributed by atoms with van der Waals surface area (Å²) in [6.07, 6.45) is 4.98. The van der Waals surface area contributed by atoms with Crippen LogP contribution >= 0.6 is 22.7 Å². The lowest BCUT2D eigenvalue weighted by molar-refractivity contribution is -0.113. The van der Waals surface area contributed by atoms with Crippen molar-refractivity contribution in [3.63, 3.8) is 0 Å². The minimum Gasteiger partial charge on any atom is -0.454 e. The Morgan fingerprint density at radius 1 is 1.21 bits per heavy atom. The van der Waals surface area contributed by atoms with Crippen LogP contribution in [-0.4, -0.2) is 54.5 Å². The van der Waals surface area contributed by atoms with Gasteiger partial charge in [0.25, 0.3) is 5.91 Å². The first-order valence-electron chi connectivity index (χ1n) is 11.1. The molecule has 1 saturated heterocycles. The Balaban J connectivity index is 1.33. The largest absolute Gasteiger partial charge is 0.454 e. The molecule has 0 aliphatic carbocycles. The normalized spacial score (nSPS) is 17.8. The van der Waals surface area contributed by atoms with Gasteiger partial charge in [0.2, 0.25) is 6.79 Å². The van der Waals surface area contributed by atoms with Crippen molar-refractivity contribution < 1.29 is 19.1 Å². The first-order chi connectivity index (χ1) is 16.2. The number of hydrogen-bond acceptors (Lipinski definition) is 8. The molecule has 0 saturated carbocycles. The average molecular weight is 484 g/mol. The third-order valence-corrected chi connectivity index (χ3v) is 7.74. The predicted octanol–water partition coefficient (Wildman–Crippen LogP) is 4.69. The van der Waals surface area contributed by atoms with Gasteiger partial charge in [-0.1, -0.05) is 12.5 Å². The van der Waals surface area contributed by atoms with Crippen LogP contribution in [0, 0.1) is 0 Å². The lowest BCUT2D eigenvalue weighted by Crippen LogP contribution is -2.42. The molecule has 9 heteroatoms. The summed E-state index contributed by atoms with van der Waals surface area (Å²) in [4.78, 5) is 34.2. The zero-order valence-corrected chi connectivity index (χ0v) is 19.8. The van der Waals surface area contributed by atoms with Crippen molar-refractivity contribution in [1.29, 1.82) is 0 Å². The number of thiophene rings is 1. The molecule has 1 aromatic carbocycles. The van der Waals surface area contributed by atoms with Gasteiger partial charge in [-0.05, 0) is 55.5 Å². The summed E-state index contributed by atoms with van der Waals surface area (Å²) in [5.41, 5.74) is 1.72. The number of aldehydes is 1. The third kappa shape index (κ3) is 4.80. The fourth-order valence-corrected chi connectivity index (χ4v) is 5.80. The number of carbonyl (C=O) groups excluding carboxylic acids is 2. The SMILES string of the molecule is O=CC1CCCCN1CCCN(C(=O)c1cccs1)c1nc(-c2ccc3c(c2)OCO3)cs1. The zero-order valence-electron chi connectivity index (χ0n) is 18.1. The molecule has 4 heterocycles. The highest BCUT2D eigenvalue weighted by Gasteiger charge is 2.25. The van der Waals surface area contributed by atoms with Crippen LogP contribution in [0.25, 0.3) is 11.3 Å². The lowest BCUT2D eigenvalue weighted by atomic mass is 10.0. The van der Waals surface area contributed by atoms with Crippen molar-refractivity contribution in [3.8, 4) is 22.8 Å². The molecule has 3 aromatic rings. The van der Waals surface area contributed by atoms with Gasteiger partial charge >= 0.3 is 0 Å². The summed E-state index contributed by atoms with van der Waals surface area (Å²) in [5, 5.41) is 4.55. The van der Waals surface area contributed by atoms with Gasteiger partial charge in [0, 0.05) is 24.0 Å². The molecular weight excluding hydrogens is 458 g/mol. The molecule has 0 radical (unpaired) electrons. The number of likely N-dealkylation sites (tertiary alicyclic amines) is 1. The van der Waals surface area contributed by atoms with Crippen molar-refractivity contribution in [2.24, 2.45) is 0 Å². The molecule has 1 unspecified atom stereocenters. The van der Waals surface area contributed by atoms with E-state index in [1.807, 2.05) is 41.1 Å². The van der Waals surface area contributed by atoms with Crippen LogP contribution < -0.4 is 14.4 Å². The van der Waals surface area contributed by atoms with E-state index in [2.05, 4.69) is 4.90 Å². The number of rotatable bonds is 8. The molecule has 0 spiro atoms. The van der Waals surface area contributed by atoms with Crippen molar-refractivity contribution in [2.75, 3.05) is 31.3 Å². The number of benzene rings is 1. The number of fused-ring (bicyclic) bond motifs is 1. The van der Waals surface area contributed by atoms with Crippen molar-refractivity contribution in [2.45, 2.75) is 31.7 Å². The molecule has 0 bridgehead atoms. The molecule has 2 aromatic heterocycles. The fraction of sp³-hybridized carbons (Fsp3) is 0.375. The molecule has 172 valence electrons. The maximum Gasteiger partial charge on any atom is 0.270 e. The van der Waals surface area contributed by atoms with Crippen LogP contribution in [0.1, 0.15) is 35.4 Å². The van der Waals surface area contributed by atoms with Crippen LogP contribution in [0.4, 0.5) is 5.13 Å². The number of nitrogens with zero attached hydrogens (tertiary/aromatic N) is 3. The lowest BCUT2D eigenvalue weighted by Gasteiger charge is -2.32. The Hall–Kier alpha value is -2.75. The van der Waals surface area contributed by atoms with Gasteiger partial charge in [-0.3, -0.25) is 14.6 Å². The van der Waals surface area contributed by atoms with Gasteiger partial charge in [0.05, 0.1) is 16.6 Å². The number of hydrogen-bond donors (Lipinski definition) is 0. The second kappa shape index (κ2) is 10.0. The summed E-state index contributed by atoms with van der Waals surface area (Å²) in [6.45, 7) is 2.50. The highest BCUT2D eigenvalue weighted by atomic mass is 32.1. The van der Waals surface area contributed by atoms with Crippen LogP contribution in [0.15, 0.2) is 41.1 Å². The van der Waals surface area contributed by atoms with Crippen LogP contribution in [0.2, 0.25) is 0 Å². The number of piperidine rings is 1. The number of thiazole rings is 1. The second-order valence-electron chi connectivity index (χ2n) is 8.11. The summed E-state index contributed by atoms with van der Waals surface area (Å²) in [6, 6.07) is 9.49. The van der Waals surface area contributed by atoms with Crippen LogP contribution in [0.3, 0.4) is 0 Å². The topological polar surface area (TPSA) is 72.0 Å². The van der Waals surface area contributed by atoms with E-state index in [1.165, 1.54) is 22.7 Å². The van der Waals surface area contributed by atoms with Crippen molar-refractivity contribution in [3.05, 3.63) is 46.0 Å². The molecule has 7 nitrogen and oxygen atoms in total. The van der Waals surface area contributed by atoms with Gasteiger partial charge in [-0.2, -0.15) is 0 Å². The first kappa shape index (κ1) is 22.1. The number of ether oxygens (including phenoxy) is 2. The quantitative estimate of drug-likeness (QED) is 0.433. The Kier molecular flexibility index (Phi) is 6.70. The molecular formula is C24H25N3O4S2. The maximum absolute atomic E-state index is 13.3. The second-order valence-corrected chi connectivity index (χ2v) is 9.89. The van der Waals surface area contributed by atoms with Crippen molar-refractivity contribution >= 4 is 40.0 Å². The molecule has 2 aliphatic heterocycles. The Bertz CT molecular complexity index is 1110. The van der Waals surface area contributed by atoms with Gasteiger partial charge in [-0.25, -0.2) is 4.98 Å². The van der Waals surface area contributed by atoms with E-state index < -0.39 is 0 Å². The average Bonchev–Trinajstić information content (AvgIpc) is 3.62. The summed E-state index contributed by atoms with van der Waals surface area (Å²) < 4.78 is 10.9. The predicted molar refractivity (Wildman–Crippen MR) is 130 cm³/mol. The molecule has 1 fully saturated rings.